The lowest BCUT2D eigenvalue weighted by Crippen LogP contribution is -2.46. The zero-order valence-electron chi connectivity index (χ0n) is 13.6. The molecule has 4 heteroatoms. The Balaban J connectivity index is 1.91. The Morgan fingerprint density at radius 1 is 0.958 bits per heavy atom. The van der Waals surface area contributed by atoms with Crippen molar-refractivity contribution in [2.75, 3.05) is 13.1 Å². The van der Waals surface area contributed by atoms with Crippen LogP contribution in [0.15, 0.2) is 60.7 Å². The van der Waals surface area contributed by atoms with E-state index in [0.717, 1.165) is 24.0 Å². The van der Waals surface area contributed by atoms with E-state index in [4.69, 9.17) is 5.73 Å². The van der Waals surface area contributed by atoms with Crippen LogP contribution in [0.4, 0.5) is 0 Å². The molecule has 2 amide bonds. The number of carbonyl (C=O) groups excluding carboxylic acids is 2. The first-order valence-corrected chi connectivity index (χ1v) is 8.35. The highest BCUT2D eigenvalue weighted by Gasteiger charge is 2.32. The van der Waals surface area contributed by atoms with Gasteiger partial charge in [0, 0.05) is 13.1 Å². The lowest BCUT2D eigenvalue weighted by molar-refractivity contribution is -0.135. The summed E-state index contributed by atoms with van der Waals surface area (Å²) in [4.78, 5) is 26.6. The standard InChI is InChI=1S/C20H22N2O2/c21-19(23)17-12-7-13-22(14-17)20(24)18(15-8-3-1-4-9-15)16-10-5-2-6-11-16/h1-6,8-11,17-18H,7,12-14H2,(H2,21,23)/t17-/m1/s1. The van der Waals surface area contributed by atoms with Gasteiger partial charge in [-0.25, -0.2) is 0 Å². The Hall–Kier alpha value is -2.62. The summed E-state index contributed by atoms with van der Waals surface area (Å²) in [6.07, 6.45) is 1.58. The van der Waals surface area contributed by atoms with E-state index in [2.05, 4.69) is 0 Å². The minimum absolute atomic E-state index is 0.0401. The molecule has 0 saturated carbocycles. The second-order valence-corrected chi connectivity index (χ2v) is 6.28. The average molecular weight is 322 g/mol. The van der Waals surface area contributed by atoms with Crippen LogP contribution < -0.4 is 5.73 Å². The lowest BCUT2D eigenvalue weighted by Gasteiger charge is -2.34. The molecule has 1 heterocycles. The van der Waals surface area contributed by atoms with Crippen molar-refractivity contribution in [3.05, 3.63) is 71.8 Å². The van der Waals surface area contributed by atoms with Gasteiger partial charge in [-0.15, -0.1) is 0 Å². The molecule has 2 aromatic rings. The van der Waals surface area contributed by atoms with Crippen molar-refractivity contribution < 1.29 is 9.59 Å². The second-order valence-electron chi connectivity index (χ2n) is 6.28. The van der Waals surface area contributed by atoms with Gasteiger partial charge in [0.15, 0.2) is 0 Å². The largest absolute Gasteiger partial charge is 0.369 e. The van der Waals surface area contributed by atoms with Crippen molar-refractivity contribution in [1.82, 2.24) is 4.90 Å². The molecule has 1 aliphatic rings. The number of nitrogens with two attached hydrogens (primary N) is 1. The van der Waals surface area contributed by atoms with E-state index in [9.17, 15) is 9.59 Å². The van der Waals surface area contributed by atoms with Crippen molar-refractivity contribution in [3.8, 4) is 0 Å². The number of piperidine rings is 1. The third kappa shape index (κ3) is 3.48. The van der Waals surface area contributed by atoms with Gasteiger partial charge < -0.3 is 10.6 Å². The van der Waals surface area contributed by atoms with E-state index < -0.39 is 0 Å². The van der Waals surface area contributed by atoms with E-state index in [1.54, 1.807) is 4.90 Å². The van der Waals surface area contributed by atoms with Gasteiger partial charge >= 0.3 is 0 Å². The number of nitrogens with zero attached hydrogens (tertiary/aromatic N) is 1. The fourth-order valence-electron chi connectivity index (χ4n) is 3.36. The van der Waals surface area contributed by atoms with Crippen LogP contribution in [-0.4, -0.2) is 29.8 Å². The fraction of sp³-hybridized carbons (Fsp3) is 0.300. The highest BCUT2D eigenvalue weighted by atomic mass is 16.2. The SMILES string of the molecule is NC(=O)[C@@H]1CCCN(C(=O)C(c2ccccc2)c2ccccc2)C1. The molecule has 124 valence electrons. The number of amides is 2. The molecule has 4 nitrogen and oxygen atoms in total. The number of hydrogen-bond donors (Lipinski definition) is 1. The number of rotatable bonds is 4. The molecule has 2 aromatic carbocycles. The Bertz CT molecular complexity index is 661. The zero-order chi connectivity index (χ0) is 16.9. The maximum absolute atomic E-state index is 13.2. The molecule has 1 aliphatic heterocycles. The summed E-state index contributed by atoms with van der Waals surface area (Å²) < 4.78 is 0. The normalized spacial score (nSPS) is 17.7. The molecule has 1 atom stereocenters. The third-order valence-corrected chi connectivity index (χ3v) is 4.65. The minimum atomic E-state index is -0.348. The Kier molecular flexibility index (Phi) is 4.94. The van der Waals surface area contributed by atoms with Gasteiger partial charge in [0.1, 0.15) is 0 Å². The molecule has 0 aliphatic carbocycles. The van der Waals surface area contributed by atoms with Crippen LogP contribution >= 0.6 is 0 Å². The quantitative estimate of drug-likeness (QED) is 0.940. The second kappa shape index (κ2) is 7.30. The van der Waals surface area contributed by atoms with E-state index in [1.807, 2.05) is 60.7 Å². The molecule has 0 bridgehead atoms. The summed E-state index contributed by atoms with van der Waals surface area (Å²) in [5.74, 6) is -0.865. The minimum Gasteiger partial charge on any atom is -0.369 e. The Labute approximate surface area is 142 Å². The predicted octanol–water partition coefficient (Wildman–Crippen LogP) is 2.54. The van der Waals surface area contributed by atoms with Crippen molar-refractivity contribution in [2.45, 2.75) is 18.8 Å². The Morgan fingerprint density at radius 3 is 2.00 bits per heavy atom. The highest BCUT2D eigenvalue weighted by molar-refractivity contribution is 5.88. The number of primary amides is 1. The summed E-state index contributed by atoms with van der Waals surface area (Å²) in [6.45, 7) is 1.10. The first kappa shape index (κ1) is 16.2. The first-order chi connectivity index (χ1) is 11.7. The van der Waals surface area contributed by atoms with E-state index >= 15 is 0 Å². The van der Waals surface area contributed by atoms with Crippen LogP contribution in [0.1, 0.15) is 29.9 Å². The van der Waals surface area contributed by atoms with Crippen LogP contribution in [-0.2, 0) is 9.59 Å². The molecule has 0 radical (unpaired) electrons. The molecular formula is C20H22N2O2. The topological polar surface area (TPSA) is 63.4 Å². The van der Waals surface area contributed by atoms with Crippen molar-refractivity contribution >= 4 is 11.8 Å². The third-order valence-electron chi connectivity index (χ3n) is 4.65. The van der Waals surface area contributed by atoms with E-state index in [-0.39, 0.29) is 23.7 Å². The number of carbonyl (C=O) groups is 2. The van der Waals surface area contributed by atoms with Crippen molar-refractivity contribution in [3.63, 3.8) is 0 Å². The van der Waals surface area contributed by atoms with Gasteiger partial charge in [-0.1, -0.05) is 60.7 Å². The van der Waals surface area contributed by atoms with Gasteiger partial charge in [0.25, 0.3) is 0 Å². The van der Waals surface area contributed by atoms with Crippen LogP contribution in [0.5, 0.6) is 0 Å². The smallest absolute Gasteiger partial charge is 0.234 e. The highest BCUT2D eigenvalue weighted by Crippen LogP contribution is 2.29. The van der Waals surface area contributed by atoms with Crippen LogP contribution in [0, 0.1) is 5.92 Å². The van der Waals surface area contributed by atoms with Gasteiger partial charge in [0.2, 0.25) is 11.8 Å². The molecule has 1 fully saturated rings. The van der Waals surface area contributed by atoms with E-state index in [0.29, 0.717) is 13.1 Å². The number of hydrogen-bond acceptors (Lipinski definition) is 2. The van der Waals surface area contributed by atoms with Gasteiger partial charge in [-0.3, -0.25) is 9.59 Å². The Morgan fingerprint density at radius 2 is 1.50 bits per heavy atom. The first-order valence-electron chi connectivity index (χ1n) is 8.35. The van der Waals surface area contributed by atoms with Gasteiger partial charge in [-0.05, 0) is 24.0 Å². The summed E-state index contributed by atoms with van der Waals surface area (Å²) in [6, 6.07) is 19.6. The van der Waals surface area contributed by atoms with Gasteiger partial charge in [0.05, 0.1) is 11.8 Å². The molecular weight excluding hydrogens is 300 g/mol. The monoisotopic (exact) mass is 322 g/mol. The summed E-state index contributed by atoms with van der Waals surface area (Å²) in [5, 5.41) is 0. The van der Waals surface area contributed by atoms with Crippen LogP contribution in [0.3, 0.4) is 0 Å². The molecule has 0 aromatic heterocycles. The predicted molar refractivity (Wildman–Crippen MR) is 93.2 cm³/mol. The van der Waals surface area contributed by atoms with Gasteiger partial charge in [-0.2, -0.15) is 0 Å². The fourth-order valence-corrected chi connectivity index (χ4v) is 3.36. The van der Waals surface area contributed by atoms with E-state index in [1.165, 1.54) is 0 Å². The molecule has 0 unspecified atom stereocenters. The molecule has 24 heavy (non-hydrogen) atoms. The maximum Gasteiger partial charge on any atom is 0.234 e. The zero-order valence-corrected chi connectivity index (χ0v) is 13.6. The number of likely N-dealkylation sites (tertiary alicyclic amines) is 1. The summed E-state index contributed by atoms with van der Waals surface area (Å²) in [5.41, 5.74) is 7.39. The summed E-state index contributed by atoms with van der Waals surface area (Å²) >= 11 is 0. The molecule has 3 rings (SSSR count). The summed E-state index contributed by atoms with van der Waals surface area (Å²) in [7, 11) is 0. The van der Waals surface area contributed by atoms with Crippen LogP contribution in [0.2, 0.25) is 0 Å². The molecule has 2 N–H and O–H groups in total. The molecule has 1 saturated heterocycles. The lowest BCUT2D eigenvalue weighted by atomic mass is 9.88. The average Bonchev–Trinajstić information content (AvgIpc) is 2.64. The van der Waals surface area contributed by atoms with Crippen molar-refractivity contribution in [1.29, 1.82) is 0 Å². The molecule has 0 spiro atoms. The van der Waals surface area contributed by atoms with Crippen LogP contribution in [0.25, 0.3) is 0 Å². The number of benzene rings is 2. The maximum atomic E-state index is 13.2. The van der Waals surface area contributed by atoms with Crippen molar-refractivity contribution in [2.24, 2.45) is 11.7 Å².